The van der Waals surface area contributed by atoms with Crippen LogP contribution in [0.25, 0.3) is 5.82 Å². The molecule has 2 rings (SSSR count). The van der Waals surface area contributed by atoms with Crippen molar-refractivity contribution < 1.29 is 0 Å². The highest BCUT2D eigenvalue weighted by atomic mass is 32.1. The molecule has 5 heteroatoms. The molecule has 0 aliphatic carbocycles. The number of hydrogen-bond acceptors (Lipinski definition) is 3. The van der Waals surface area contributed by atoms with Gasteiger partial charge in [-0.3, -0.25) is 5.10 Å². The van der Waals surface area contributed by atoms with E-state index >= 15 is 0 Å². The lowest BCUT2D eigenvalue weighted by Crippen LogP contribution is -2.01. The van der Waals surface area contributed by atoms with Crippen molar-refractivity contribution in [3.63, 3.8) is 0 Å². The van der Waals surface area contributed by atoms with Gasteiger partial charge in [-0.05, 0) is 18.4 Å². The van der Waals surface area contributed by atoms with Crippen LogP contribution in [0.4, 0.5) is 0 Å². The molecule has 2 heterocycles. The van der Waals surface area contributed by atoms with Crippen LogP contribution in [0.15, 0.2) is 24.7 Å². The van der Waals surface area contributed by atoms with E-state index < -0.39 is 0 Å². The number of nitrogens with one attached hydrogen (secondary N) is 1. The smallest absolute Gasteiger partial charge is 0.156 e. The second-order valence-electron chi connectivity index (χ2n) is 4.12. The summed E-state index contributed by atoms with van der Waals surface area (Å²) >= 11 is 5.28. The molecule has 1 N–H and O–H groups in total. The van der Waals surface area contributed by atoms with Crippen LogP contribution in [0.3, 0.4) is 0 Å². The first-order valence-corrected chi connectivity index (χ1v) is 5.65. The highest BCUT2D eigenvalue weighted by molar-refractivity contribution is 7.71. The van der Waals surface area contributed by atoms with Gasteiger partial charge in [0.1, 0.15) is 11.0 Å². The van der Waals surface area contributed by atoms with Crippen LogP contribution < -0.4 is 0 Å². The Morgan fingerprint density at radius 3 is 2.94 bits per heavy atom. The molecule has 0 radical (unpaired) electrons. The Morgan fingerprint density at radius 2 is 2.31 bits per heavy atom. The second kappa shape index (κ2) is 4.57. The standard InChI is InChI=1S/C11H14N4S/c1-8(2)5-9-6-11(16)15(14-9)10-3-4-12-7-13-10/h3-4,6-8,14H,5H2,1-2H3. The van der Waals surface area contributed by atoms with Crippen molar-refractivity contribution >= 4 is 12.2 Å². The lowest BCUT2D eigenvalue weighted by Gasteiger charge is -2.02. The van der Waals surface area contributed by atoms with Crippen molar-refractivity contribution in [2.24, 2.45) is 5.92 Å². The van der Waals surface area contributed by atoms with E-state index in [9.17, 15) is 0 Å². The van der Waals surface area contributed by atoms with Gasteiger partial charge in [-0.1, -0.05) is 26.1 Å². The normalized spacial score (nSPS) is 10.9. The molecule has 84 valence electrons. The van der Waals surface area contributed by atoms with Crippen LogP contribution in [0.1, 0.15) is 19.5 Å². The van der Waals surface area contributed by atoms with Crippen LogP contribution >= 0.6 is 12.2 Å². The Balaban J connectivity index is 2.36. The first-order valence-electron chi connectivity index (χ1n) is 5.24. The van der Waals surface area contributed by atoms with E-state index in [1.807, 2.05) is 12.1 Å². The zero-order chi connectivity index (χ0) is 11.5. The Bertz CT molecular complexity index is 512. The molecule has 0 aliphatic rings. The Morgan fingerprint density at radius 1 is 1.50 bits per heavy atom. The molecule has 2 aromatic rings. The summed E-state index contributed by atoms with van der Waals surface area (Å²) in [6.45, 7) is 4.36. The maximum atomic E-state index is 5.28. The monoisotopic (exact) mass is 234 g/mol. The van der Waals surface area contributed by atoms with E-state index in [1.165, 1.54) is 6.33 Å². The van der Waals surface area contributed by atoms with Crippen LogP contribution in [0.2, 0.25) is 0 Å². The zero-order valence-electron chi connectivity index (χ0n) is 9.34. The molecule has 0 fully saturated rings. The van der Waals surface area contributed by atoms with Gasteiger partial charge in [0.25, 0.3) is 0 Å². The Hall–Kier alpha value is -1.49. The summed E-state index contributed by atoms with van der Waals surface area (Å²) in [6.07, 6.45) is 4.20. The van der Waals surface area contributed by atoms with E-state index in [1.54, 1.807) is 10.9 Å². The average molecular weight is 234 g/mol. The third kappa shape index (κ3) is 2.36. The molecular weight excluding hydrogens is 220 g/mol. The first kappa shape index (κ1) is 11.0. The average Bonchev–Trinajstić information content (AvgIpc) is 2.60. The van der Waals surface area contributed by atoms with E-state index in [-0.39, 0.29) is 0 Å². The maximum absolute atomic E-state index is 5.28. The van der Waals surface area contributed by atoms with Gasteiger partial charge in [0, 0.05) is 18.0 Å². The topological polar surface area (TPSA) is 46.5 Å². The number of rotatable bonds is 3. The van der Waals surface area contributed by atoms with Crippen molar-refractivity contribution in [2.75, 3.05) is 0 Å². The van der Waals surface area contributed by atoms with Gasteiger partial charge in [0.2, 0.25) is 0 Å². The molecule has 0 atom stereocenters. The van der Waals surface area contributed by atoms with Gasteiger partial charge < -0.3 is 0 Å². The molecule has 16 heavy (non-hydrogen) atoms. The molecule has 0 aromatic carbocycles. The van der Waals surface area contributed by atoms with Crippen LogP contribution in [-0.4, -0.2) is 19.7 Å². The van der Waals surface area contributed by atoms with Crippen LogP contribution in [0.5, 0.6) is 0 Å². The molecule has 4 nitrogen and oxygen atoms in total. The third-order valence-corrected chi connectivity index (χ3v) is 2.50. The van der Waals surface area contributed by atoms with Gasteiger partial charge in [0.05, 0.1) is 0 Å². The third-order valence-electron chi connectivity index (χ3n) is 2.20. The van der Waals surface area contributed by atoms with Crippen LogP contribution in [0, 0.1) is 10.6 Å². The summed E-state index contributed by atoms with van der Waals surface area (Å²) in [5, 5.41) is 3.25. The number of nitrogens with zero attached hydrogens (tertiary/aromatic N) is 3. The first-order chi connectivity index (χ1) is 7.66. The fourth-order valence-corrected chi connectivity index (χ4v) is 1.86. The maximum Gasteiger partial charge on any atom is 0.156 e. The van der Waals surface area contributed by atoms with Crippen molar-refractivity contribution in [1.82, 2.24) is 19.7 Å². The summed E-state index contributed by atoms with van der Waals surface area (Å²) in [5.74, 6) is 1.38. The van der Waals surface area contributed by atoms with E-state index in [0.717, 1.165) is 22.6 Å². The van der Waals surface area contributed by atoms with Gasteiger partial charge in [-0.2, -0.15) is 0 Å². The van der Waals surface area contributed by atoms with Crippen molar-refractivity contribution in [3.05, 3.63) is 35.0 Å². The summed E-state index contributed by atoms with van der Waals surface area (Å²) in [5.41, 5.74) is 1.14. The summed E-state index contributed by atoms with van der Waals surface area (Å²) in [7, 11) is 0. The summed E-state index contributed by atoms with van der Waals surface area (Å²) in [6, 6.07) is 3.81. The minimum absolute atomic E-state index is 0.604. The highest BCUT2D eigenvalue weighted by Gasteiger charge is 2.04. The molecule has 0 saturated heterocycles. The Kier molecular flexibility index (Phi) is 3.14. The largest absolute Gasteiger partial charge is 0.296 e. The summed E-state index contributed by atoms with van der Waals surface area (Å²) in [4.78, 5) is 8.04. The predicted octanol–water partition coefficient (Wildman–Crippen LogP) is 2.52. The zero-order valence-corrected chi connectivity index (χ0v) is 10.2. The van der Waals surface area contributed by atoms with Gasteiger partial charge in [0.15, 0.2) is 5.82 Å². The molecular formula is C11H14N4S. The quantitative estimate of drug-likeness (QED) is 0.830. The molecule has 0 spiro atoms. The molecule has 2 aromatic heterocycles. The fourth-order valence-electron chi connectivity index (χ4n) is 1.58. The molecule has 0 amide bonds. The highest BCUT2D eigenvalue weighted by Crippen LogP contribution is 2.09. The number of H-pyrrole nitrogens is 1. The van der Waals surface area contributed by atoms with Crippen LogP contribution in [-0.2, 0) is 6.42 Å². The number of aromatic amines is 1. The molecule has 0 unspecified atom stereocenters. The lowest BCUT2D eigenvalue weighted by atomic mass is 10.1. The minimum Gasteiger partial charge on any atom is -0.296 e. The van der Waals surface area contributed by atoms with E-state index in [4.69, 9.17) is 12.2 Å². The Labute approximate surface area is 99.4 Å². The number of hydrogen-bond donors (Lipinski definition) is 1. The fraction of sp³-hybridized carbons (Fsp3) is 0.364. The van der Waals surface area contributed by atoms with E-state index in [0.29, 0.717) is 5.92 Å². The summed E-state index contributed by atoms with van der Waals surface area (Å²) < 4.78 is 2.55. The molecule has 0 aliphatic heterocycles. The number of aromatic nitrogens is 4. The van der Waals surface area contributed by atoms with Gasteiger partial charge in [-0.25, -0.2) is 14.6 Å². The van der Waals surface area contributed by atoms with Crippen molar-refractivity contribution in [1.29, 1.82) is 0 Å². The molecule has 0 saturated carbocycles. The lowest BCUT2D eigenvalue weighted by molar-refractivity contribution is 0.627. The molecule has 0 bridgehead atoms. The van der Waals surface area contributed by atoms with Crippen molar-refractivity contribution in [3.8, 4) is 5.82 Å². The van der Waals surface area contributed by atoms with E-state index in [2.05, 4.69) is 28.9 Å². The second-order valence-corrected chi connectivity index (χ2v) is 4.54. The van der Waals surface area contributed by atoms with Crippen molar-refractivity contribution in [2.45, 2.75) is 20.3 Å². The minimum atomic E-state index is 0.604. The van der Waals surface area contributed by atoms with Gasteiger partial charge >= 0.3 is 0 Å². The van der Waals surface area contributed by atoms with Gasteiger partial charge in [-0.15, -0.1) is 0 Å². The SMILES string of the molecule is CC(C)Cc1cc(=S)n(-c2ccncn2)[nH]1. The predicted molar refractivity (Wildman–Crippen MR) is 65.1 cm³/mol.